The third-order valence-corrected chi connectivity index (χ3v) is 5.47. The van der Waals surface area contributed by atoms with Crippen molar-refractivity contribution in [2.24, 2.45) is 0 Å². The topological polar surface area (TPSA) is 49.9 Å². The Labute approximate surface area is 149 Å². The number of piperidine rings is 1. The second kappa shape index (κ2) is 8.00. The zero-order valence-corrected chi connectivity index (χ0v) is 15.2. The van der Waals surface area contributed by atoms with Gasteiger partial charge in [-0.3, -0.25) is 9.59 Å². The van der Waals surface area contributed by atoms with Crippen LogP contribution in [0.15, 0.2) is 24.3 Å². The zero-order chi connectivity index (χ0) is 17.8. The van der Waals surface area contributed by atoms with Crippen molar-refractivity contribution in [3.8, 4) is 0 Å². The summed E-state index contributed by atoms with van der Waals surface area (Å²) < 4.78 is 5.43. The molecular formula is C20H28N2O3. The Hall–Kier alpha value is -1.88. The average molecular weight is 344 g/mol. The van der Waals surface area contributed by atoms with Gasteiger partial charge in [0.05, 0.1) is 0 Å². The number of rotatable bonds is 3. The van der Waals surface area contributed by atoms with Crippen LogP contribution in [-0.2, 0) is 9.53 Å². The largest absolute Gasteiger partial charge is 0.381 e. The first-order valence-electron chi connectivity index (χ1n) is 9.29. The van der Waals surface area contributed by atoms with Crippen LogP contribution >= 0.6 is 0 Å². The number of aryl methyl sites for hydroxylation is 1. The van der Waals surface area contributed by atoms with Gasteiger partial charge in [-0.1, -0.05) is 18.2 Å². The van der Waals surface area contributed by atoms with Gasteiger partial charge in [-0.05, 0) is 44.2 Å². The van der Waals surface area contributed by atoms with Gasteiger partial charge in [0.25, 0.3) is 5.91 Å². The monoisotopic (exact) mass is 344 g/mol. The van der Waals surface area contributed by atoms with Gasteiger partial charge < -0.3 is 14.5 Å². The van der Waals surface area contributed by atoms with Gasteiger partial charge >= 0.3 is 0 Å². The van der Waals surface area contributed by atoms with Crippen molar-refractivity contribution in [2.75, 3.05) is 26.3 Å². The zero-order valence-electron chi connectivity index (χ0n) is 15.2. The van der Waals surface area contributed by atoms with E-state index in [9.17, 15) is 9.59 Å². The van der Waals surface area contributed by atoms with E-state index in [-0.39, 0.29) is 23.9 Å². The van der Waals surface area contributed by atoms with Crippen molar-refractivity contribution in [1.82, 2.24) is 9.80 Å². The van der Waals surface area contributed by atoms with Crippen molar-refractivity contribution in [3.63, 3.8) is 0 Å². The molecule has 1 aromatic carbocycles. The molecule has 2 heterocycles. The van der Waals surface area contributed by atoms with Crippen LogP contribution in [0.3, 0.4) is 0 Å². The number of nitrogens with zero attached hydrogens (tertiary/aromatic N) is 2. The van der Waals surface area contributed by atoms with Crippen molar-refractivity contribution in [1.29, 1.82) is 0 Å². The van der Waals surface area contributed by atoms with E-state index in [1.807, 2.05) is 36.1 Å². The average Bonchev–Trinajstić information content (AvgIpc) is 2.63. The molecule has 2 fully saturated rings. The molecule has 0 spiro atoms. The lowest BCUT2D eigenvalue weighted by Gasteiger charge is -2.43. The van der Waals surface area contributed by atoms with E-state index >= 15 is 0 Å². The summed E-state index contributed by atoms with van der Waals surface area (Å²) in [6.45, 7) is 6.54. The fraction of sp³-hybridized carbons (Fsp3) is 0.600. The molecule has 0 aliphatic carbocycles. The first-order chi connectivity index (χ1) is 12.1. The third-order valence-electron chi connectivity index (χ3n) is 5.47. The van der Waals surface area contributed by atoms with E-state index in [4.69, 9.17) is 4.74 Å². The Bertz CT molecular complexity index is 617. The normalized spacial score (nSPS) is 19.7. The van der Waals surface area contributed by atoms with Crippen LogP contribution in [0.1, 0.15) is 48.5 Å². The van der Waals surface area contributed by atoms with Crippen molar-refractivity contribution >= 4 is 11.8 Å². The summed E-state index contributed by atoms with van der Waals surface area (Å²) in [5.74, 6) is 0.257. The third kappa shape index (κ3) is 4.03. The van der Waals surface area contributed by atoms with Gasteiger partial charge in [-0.25, -0.2) is 0 Å². The molecule has 0 aromatic heterocycles. The summed E-state index contributed by atoms with van der Waals surface area (Å²) in [4.78, 5) is 29.0. The molecule has 2 amide bonds. The molecule has 0 saturated carbocycles. The molecule has 1 aromatic rings. The van der Waals surface area contributed by atoms with Crippen molar-refractivity contribution in [2.45, 2.75) is 51.6 Å². The van der Waals surface area contributed by atoms with E-state index in [1.54, 1.807) is 6.92 Å². The first-order valence-corrected chi connectivity index (χ1v) is 9.29. The number of carbonyl (C=O) groups excluding carboxylic acids is 2. The van der Waals surface area contributed by atoms with E-state index in [0.717, 1.165) is 50.0 Å². The van der Waals surface area contributed by atoms with Crippen LogP contribution < -0.4 is 0 Å². The fourth-order valence-corrected chi connectivity index (χ4v) is 4.11. The Balaban J connectivity index is 1.63. The molecule has 0 unspecified atom stereocenters. The van der Waals surface area contributed by atoms with Gasteiger partial charge in [0.15, 0.2) is 0 Å². The Kier molecular flexibility index (Phi) is 5.74. The molecule has 0 bridgehead atoms. The highest BCUT2D eigenvalue weighted by atomic mass is 16.5. The summed E-state index contributed by atoms with van der Waals surface area (Å²) >= 11 is 0. The molecule has 5 heteroatoms. The molecule has 2 aliphatic rings. The van der Waals surface area contributed by atoms with Crippen LogP contribution in [0.5, 0.6) is 0 Å². The molecule has 5 nitrogen and oxygen atoms in total. The molecular weight excluding hydrogens is 316 g/mol. The highest BCUT2D eigenvalue weighted by Crippen LogP contribution is 2.25. The molecule has 0 atom stereocenters. The maximum Gasteiger partial charge on any atom is 0.254 e. The number of amides is 2. The van der Waals surface area contributed by atoms with Crippen molar-refractivity contribution in [3.05, 3.63) is 35.4 Å². The minimum atomic E-state index is 0.108. The van der Waals surface area contributed by atoms with Gasteiger partial charge in [0, 0.05) is 50.9 Å². The second-order valence-corrected chi connectivity index (χ2v) is 7.11. The predicted molar refractivity (Wildman–Crippen MR) is 96.5 cm³/mol. The van der Waals surface area contributed by atoms with E-state index in [0.29, 0.717) is 13.1 Å². The number of carbonyl (C=O) groups is 2. The van der Waals surface area contributed by atoms with Crippen LogP contribution in [0, 0.1) is 6.92 Å². The molecule has 25 heavy (non-hydrogen) atoms. The van der Waals surface area contributed by atoms with Gasteiger partial charge in [0.1, 0.15) is 0 Å². The standard InChI is InChI=1S/C20H28N2O3/c1-15-5-3-4-6-19(15)20(24)21-11-7-17(8-12-21)22(16(2)23)18-9-13-25-14-10-18/h3-6,17-18H,7-14H2,1-2H3. The minimum Gasteiger partial charge on any atom is -0.381 e. The first kappa shape index (κ1) is 17.9. The highest BCUT2D eigenvalue weighted by molar-refractivity contribution is 5.95. The molecule has 2 saturated heterocycles. The molecule has 2 aliphatic heterocycles. The number of benzene rings is 1. The SMILES string of the molecule is CC(=O)N(C1CCOCC1)C1CCN(C(=O)c2ccccc2C)CC1. The number of hydrogen-bond acceptors (Lipinski definition) is 3. The fourth-order valence-electron chi connectivity index (χ4n) is 4.11. The lowest BCUT2D eigenvalue weighted by Crippen LogP contribution is -2.53. The quantitative estimate of drug-likeness (QED) is 0.847. The van der Waals surface area contributed by atoms with E-state index < -0.39 is 0 Å². The second-order valence-electron chi connectivity index (χ2n) is 7.11. The summed E-state index contributed by atoms with van der Waals surface area (Å²) in [6.07, 6.45) is 3.55. The lowest BCUT2D eigenvalue weighted by molar-refractivity contribution is -0.137. The van der Waals surface area contributed by atoms with E-state index in [2.05, 4.69) is 4.90 Å². The Morgan fingerprint density at radius 1 is 1.04 bits per heavy atom. The summed E-state index contributed by atoms with van der Waals surface area (Å²) in [6, 6.07) is 8.26. The summed E-state index contributed by atoms with van der Waals surface area (Å²) in [5, 5.41) is 0. The predicted octanol–water partition coefficient (Wildman–Crippen LogP) is 2.63. The van der Waals surface area contributed by atoms with Crippen LogP contribution in [0.25, 0.3) is 0 Å². The maximum atomic E-state index is 12.8. The van der Waals surface area contributed by atoms with Crippen LogP contribution in [0.4, 0.5) is 0 Å². The van der Waals surface area contributed by atoms with Gasteiger partial charge in [-0.2, -0.15) is 0 Å². The number of hydrogen-bond donors (Lipinski definition) is 0. The van der Waals surface area contributed by atoms with Crippen LogP contribution in [-0.4, -0.2) is 60.0 Å². The van der Waals surface area contributed by atoms with Gasteiger partial charge in [-0.15, -0.1) is 0 Å². The molecule has 136 valence electrons. The molecule has 0 radical (unpaired) electrons. The summed E-state index contributed by atoms with van der Waals surface area (Å²) in [7, 11) is 0. The van der Waals surface area contributed by atoms with Gasteiger partial charge in [0.2, 0.25) is 5.91 Å². The van der Waals surface area contributed by atoms with Crippen LogP contribution in [0.2, 0.25) is 0 Å². The maximum absolute atomic E-state index is 12.8. The molecule has 3 rings (SSSR count). The Morgan fingerprint density at radius 3 is 2.24 bits per heavy atom. The van der Waals surface area contributed by atoms with Crippen molar-refractivity contribution < 1.29 is 14.3 Å². The highest BCUT2D eigenvalue weighted by Gasteiger charge is 2.33. The summed E-state index contributed by atoms with van der Waals surface area (Å²) in [5.41, 5.74) is 1.80. The molecule has 0 N–H and O–H groups in total. The minimum absolute atomic E-state index is 0.108. The Morgan fingerprint density at radius 2 is 1.64 bits per heavy atom. The smallest absolute Gasteiger partial charge is 0.254 e. The van der Waals surface area contributed by atoms with E-state index in [1.165, 1.54) is 0 Å². The number of likely N-dealkylation sites (tertiary alicyclic amines) is 1. The lowest BCUT2D eigenvalue weighted by atomic mass is 9.97. The number of ether oxygens (including phenoxy) is 1.